The Morgan fingerprint density at radius 3 is 2.61 bits per heavy atom. The lowest BCUT2D eigenvalue weighted by atomic mass is 10.1. The van der Waals surface area contributed by atoms with Gasteiger partial charge in [0.25, 0.3) is 11.5 Å². The first-order chi connectivity index (χ1) is 14.5. The molecule has 1 aromatic heterocycles. The van der Waals surface area contributed by atoms with Crippen molar-refractivity contribution in [2.24, 2.45) is 0 Å². The number of benzene rings is 2. The van der Waals surface area contributed by atoms with E-state index in [9.17, 15) is 27.6 Å². The first-order valence-corrected chi connectivity index (χ1v) is 9.20. The van der Waals surface area contributed by atoms with Crippen LogP contribution in [-0.2, 0) is 27.0 Å². The maximum atomic E-state index is 13.1. The summed E-state index contributed by atoms with van der Waals surface area (Å²) in [7, 11) is 0. The third kappa shape index (κ3) is 5.40. The van der Waals surface area contributed by atoms with Gasteiger partial charge in [-0.25, -0.2) is 4.98 Å². The van der Waals surface area contributed by atoms with Gasteiger partial charge in [0.2, 0.25) is 0 Å². The van der Waals surface area contributed by atoms with Crippen molar-refractivity contribution in [1.82, 2.24) is 9.55 Å². The average molecular weight is 454 g/mol. The number of amides is 1. The Bertz CT molecular complexity index is 1220. The van der Waals surface area contributed by atoms with E-state index in [-0.39, 0.29) is 23.2 Å². The van der Waals surface area contributed by atoms with E-state index in [0.717, 1.165) is 23.6 Å². The molecule has 0 saturated heterocycles. The van der Waals surface area contributed by atoms with Crippen molar-refractivity contribution in [3.8, 4) is 0 Å². The zero-order valence-electron chi connectivity index (χ0n) is 16.0. The highest BCUT2D eigenvalue weighted by Crippen LogP contribution is 2.35. The molecule has 0 atom stereocenters. The van der Waals surface area contributed by atoms with Crippen LogP contribution in [0.5, 0.6) is 0 Å². The lowest BCUT2D eigenvalue weighted by molar-refractivity contribution is -0.145. The number of ether oxygens (including phenoxy) is 1. The number of carbonyl (C=O) groups excluding carboxylic acids is 2. The Kier molecular flexibility index (Phi) is 6.30. The molecule has 0 fully saturated rings. The summed E-state index contributed by atoms with van der Waals surface area (Å²) in [6, 6.07) is 7.79. The van der Waals surface area contributed by atoms with Gasteiger partial charge in [0, 0.05) is 12.6 Å². The number of rotatable bonds is 5. The second-order valence-electron chi connectivity index (χ2n) is 6.55. The van der Waals surface area contributed by atoms with Crippen molar-refractivity contribution >= 4 is 40.1 Å². The molecule has 1 N–H and O–H groups in total. The second-order valence-corrected chi connectivity index (χ2v) is 6.96. The third-order valence-corrected chi connectivity index (χ3v) is 4.53. The molecule has 7 nitrogen and oxygen atoms in total. The van der Waals surface area contributed by atoms with Gasteiger partial charge in [-0.3, -0.25) is 19.0 Å². The van der Waals surface area contributed by atoms with Crippen LogP contribution >= 0.6 is 11.6 Å². The highest BCUT2D eigenvalue weighted by molar-refractivity contribution is 6.31. The van der Waals surface area contributed by atoms with E-state index >= 15 is 0 Å². The number of aromatic nitrogens is 2. The Morgan fingerprint density at radius 2 is 1.94 bits per heavy atom. The molecule has 0 aliphatic rings. The number of fused-ring (bicyclic) bond motifs is 1. The zero-order valence-corrected chi connectivity index (χ0v) is 16.8. The smallest absolute Gasteiger partial charge is 0.417 e. The highest BCUT2D eigenvalue weighted by Gasteiger charge is 2.33. The van der Waals surface area contributed by atoms with E-state index in [1.165, 1.54) is 30.6 Å². The summed E-state index contributed by atoms with van der Waals surface area (Å²) < 4.78 is 45.0. The molecule has 1 heterocycles. The maximum absolute atomic E-state index is 13.1. The summed E-state index contributed by atoms with van der Waals surface area (Å²) in [5, 5.41) is 2.20. The Balaban J connectivity index is 1.89. The lowest BCUT2D eigenvalue weighted by Crippen LogP contribution is -2.22. The summed E-state index contributed by atoms with van der Waals surface area (Å²) >= 11 is 5.63. The van der Waals surface area contributed by atoms with Crippen LogP contribution in [0.4, 0.5) is 18.9 Å². The average Bonchev–Trinajstić information content (AvgIpc) is 2.69. The largest absolute Gasteiger partial charge is 0.456 e. The van der Waals surface area contributed by atoms with E-state index in [4.69, 9.17) is 11.6 Å². The topological polar surface area (TPSA) is 90.3 Å². The number of esters is 1. The van der Waals surface area contributed by atoms with E-state index in [1.807, 2.05) is 0 Å². The number of hydrogen-bond donors (Lipinski definition) is 1. The predicted octanol–water partition coefficient (Wildman–Crippen LogP) is 3.62. The number of anilines is 1. The van der Waals surface area contributed by atoms with Gasteiger partial charge < -0.3 is 10.1 Å². The molecule has 3 aromatic rings. The van der Waals surface area contributed by atoms with Crippen LogP contribution in [-0.4, -0.2) is 28.0 Å². The van der Waals surface area contributed by atoms with Crippen molar-refractivity contribution < 1.29 is 27.5 Å². The van der Waals surface area contributed by atoms with E-state index in [1.54, 1.807) is 0 Å². The summed E-state index contributed by atoms with van der Waals surface area (Å²) in [4.78, 5) is 39.5. The van der Waals surface area contributed by atoms with Crippen LogP contribution in [0, 0.1) is 0 Å². The summed E-state index contributed by atoms with van der Waals surface area (Å²) in [6.45, 7) is 0.517. The van der Waals surface area contributed by atoms with Gasteiger partial charge in [0.15, 0.2) is 6.61 Å². The van der Waals surface area contributed by atoms with Crippen LogP contribution in [0.25, 0.3) is 10.9 Å². The van der Waals surface area contributed by atoms with Crippen molar-refractivity contribution in [2.45, 2.75) is 19.6 Å². The number of carbonyl (C=O) groups is 2. The fourth-order valence-corrected chi connectivity index (χ4v) is 3.02. The number of halogens is 4. The lowest BCUT2D eigenvalue weighted by Gasteiger charge is -2.12. The van der Waals surface area contributed by atoms with Gasteiger partial charge in [-0.1, -0.05) is 17.7 Å². The Labute approximate surface area is 178 Å². The minimum absolute atomic E-state index is 0.151. The van der Waals surface area contributed by atoms with E-state index < -0.39 is 40.8 Å². The standard InChI is InChI=1S/C20H15ClF3N3O4/c1-11(28)31-9-18(29)26-13-3-5-17-14(7-13)19(30)27(10-25-17)8-12-2-4-16(21)15(6-12)20(22,23)24/h2-7,10H,8-9H2,1H3,(H,26,29). The molecule has 11 heteroatoms. The van der Waals surface area contributed by atoms with E-state index in [2.05, 4.69) is 15.0 Å². The van der Waals surface area contributed by atoms with Gasteiger partial charge in [-0.05, 0) is 35.9 Å². The minimum Gasteiger partial charge on any atom is -0.456 e. The molecule has 0 aliphatic carbocycles. The molecule has 0 aliphatic heterocycles. The highest BCUT2D eigenvalue weighted by atomic mass is 35.5. The molecule has 0 radical (unpaired) electrons. The Hall–Kier alpha value is -3.40. The van der Waals surface area contributed by atoms with Crippen molar-refractivity contribution in [1.29, 1.82) is 0 Å². The first-order valence-electron chi connectivity index (χ1n) is 8.82. The van der Waals surface area contributed by atoms with Crippen LogP contribution in [0.2, 0.25) is 5.02 Å². The molecule has 2 aromatic carbocycles. The van der Waals surface area contributed by atoms with Crippen LogP contribution < -0.4 is 10.9 Å². The van der Waals surface area contributed by atoms with Gasteiger partial charge in [0.1, 0.15) is 0 Å². The van der Waals surface area contributed by atoms with Crippen molar-refractivity contribution in [3.05, 3.63) is 69.2 Å². The molecule has 0 bridgehead atoms. The van der Waals surface area contributed by atoms with Crippen LogP contribution in [0.3, 0.4) is 0 Å². The summed E-state index contributed by atoms with van der Waals surface area (Å²) in [5.74, 6) is -1.21. The van der Waals surface area contributed by atoms with Gasteiger partial charge in [0.05, 0.1) is 34.4 Å². The van der Waals surface area contributed by atoms with Crippen LogP contribution in [0.1, 0.15) is 18.1 Å². The third-order valence-electron chi connectivity index (χ3n) is 4.20. The van der Waals surface area contributed by atoms with Crippen molar-refractivity contribution in [3.63, 3.8) is 0 Å². The zero-order chi connectivity index (χ0) is 22.8. The molecule has 0 saturated carbocycles. The van der Waals surface area contributed by atoms with Gasteiger partial charge in [-0.15, -0.1) is 0 Å². The monoisotopic (exact) mass is 453 g/mol. The molecular weight excluding hydrogens is 439 g/mol. The number of nitrogens with zero attached hydrogens (tertiary/aromatic N) is 2. The molecule has 31 heavy (non-hydrogen) atoms. The van der Waals surface area contributed by atoms with E-state index in [0.29, 0.717) is 5.52 Å². The molecule has 3 rings (SSSR count). The fraction of sp³-hybridized carbons (Fsp3) is 0.200. The van der Waals surface area contributed by atoms with Gasteiger partial charge in [-0.2, -0.15) is 13.2 Å². The van der Waals surface area contributed by atoms with Gasteiger partial charge >= 0.3 is 12.1 Å². The normalized spacial score (nSPS) is 11.4. The fourth-order valence-electron chi connectivity index (χ4n) is 2.80. The predicted molar refractivity (Wildman–Crippen MR) is 107 cm³/mol. The Morgan fingerprint density at radius 1 is 1.19 bits per heavy atom. The van der Waals surface area contributed by atoms with Crippen LogP contribution in [0.15, 0.2) is 47.5 Å². The quantitative estimate of drug-likeness (QED) is 0.596. The molecule has 162 valence electrons. The van der Waals surface area contributed by atoms with Crippen molar-refractivity contribution in [2.75, 3.05) is 11.9 Å². The SMILES string of the molecule is CC(=O)OCC(=O)Nc1ccc2ncn(Cc3ccc(Cl)c(C(F)(F)F)c3)c(=O)c2c1. The molecule has 0 spiro atoms. The minimum atomic E-state index is -4.63. The first kappa shape index (κ1) is 22.3. The summed E-state index contributed by atoms with van der Waals surface area (Å²) in [6.07, 6.45) is -3.40. The summed E-state index contributed by atoms with van der Waals surface area (Å²) in [5.41, 5.74) is -0.680. The second kappa shape index (κ2) is 8.76. The molecular formula is C20H15ClF3N3O4. The molecule has 0 unspecified atom stereocenters. The number of nitrogens with one attached hydrogen (secondary N) is 1. The maximum Gasteiger partial charge on any atom is 0.417 e. The molecule has 1 amide bonds. The number of alkyl halides is 3. The number of hydrogen-bond acceptors (Lipinski definition) is 5.